The van der Waals surface area contributed by atoms with E-state index in [9.17, 15) is 22.4 Å². The van der Waals surface area contributed by atoms with Crippen molar-refractivity contribution in [1.82, 2.24) is 10.2 Å². The second kappa shape index (κ2) is 11.9. The van der Waals surface area contributed by atoms with Crippen LogP contribution in [0, 0.1) is 5.82 Å². The summed E-state index contributed by atoms with van der Waals surface area (Å²) >= 11 is 5.86. The van der Waals surface area contributed by atoms with Crippen LogP contribution in [-0.2, 0) is 26.2 Å². The van der Waals surface area contributed by atoms with Crippen molar-refractivity contribution < 1.29 is 27.1 Å². The highest BCUT2D eigenvalue weighted by molar-refractivity contribution is 7.92. The lowest BCUT2D eigenvalue weighted by Crippen LogP contribution is -2.52. The highest BCUT2D eigenvalue weighted by Gasteiger charge is 2.31. The third-order valence-electron chi connectivity index (χ3n) is 6.23. The van der Waals surface area contributed by atoms with Gasteiger partial charge in [-0.3, -0.25) is 13.9 Å². The Morgan fingerprint density at radius 3 is 2.50 bits per heavy atom. The molecular formula is C25H31ClFN3O5S. The Kier molecular flexibility index (Phi) is 9.19. The summed E-state index contributed by atoms with van der Waals surface area (Å²) in [7, 11) is -2.41. The Morgan fingerprint density at radius 2 is 1.89 bits per heavy atom. The van der Waals surface area contributed by atoms with Crippen molar-refractivity contribution in [3.63, 3.8) is 0 Å². The highest BCUT2D eigenvalue weighted by atomic mass is 35.5. The van der Waals surface area contributed by atoms with Gasteiger partial charge in [-0.05, 0) is 55.7 Å². The lowest BCUT2D eigenvalue weighted by atomic mass is 10.1. The standard InChI is InChI=1S/C25H31ClFN3O5S/c1-17(25(32)28-19-8-4-5-9-19)29(15-18-7-6-10-21(13-18)35-2)24(31)16-30(36(3,33)34)20-11-12-23(27)22(26)14-20/h6-7,10-14,17,19H,4-5,8-9,15-16H2,1-3H3,(H,28,32)/t17-/m1/s1. The maximum absolute atomic E-state index is 13.7. The van der Waals surface area contributed by atoms with Gasteiger partial charge in [-0.1, -0.05) is 36.6 Å². The number of methoxy groups -OCH3 is 1. The molecule has 0 radical (unpaired) electrons. The van der Waals surface area contributed by atoms with Crippen LogP contribution < -0.4 is 14.4 Å². The molecule has 1 fully saturated rings. The van der Waals surface area contributed by atoms with Gasteiger partial charge in [0.25, 0.3) is 0 Å². The van der Waals surface area contributed by atoms with Crippen LogP contribution in [0.5, 0.6) is 5.75 Å². The van der Waals surface area contributed by atoms with Crippen molar-refractivity contribution in [2.75, 3.05) is 24.2 Å². The summed E-state index contributed by atoms with van der Waals surface area (Å²) in [5.41, 5.74) is 0.751. The van der Waals surface area contributed by atoms with Crippen molar-refractivity contribution in [1.29, 1.82) is 0 Å². The van der Waals surface area contributed by atoms with Crippen LogP contribution in [0.2, 0.25) is 5.02 Å². The first-order valence-electron chi connectivity index (χ1n) is 11.6. The van der Waals surface area contributed by atoms with E-state index < -0.39 is 34.3 Å². The fraction of sp³-hybridized carbons (Fsp3) is 0.440. The number of sulfonamides is 1. The fourth-order valence-electron chi connectivity index (χ4n) is 4.20. The molecule has 196 valence electrons. The van der Waals surface area contributed by atoms with Crippen molar-refractivity contribution in [3.8, 4) is 5.75 Å². The van der Waals surface area contributed by atoms with E-state index in [0.717, 1.165) is 48.4 Å². The summed E-state index contributed by atoms with van der Waals surface area (Å²) in [6.45, 7) is 1.07. The van der Waals surface area contributed by atoms with Gasteiger partial charge in [0.2, 0.25) is 21.8 Å². The van der Waals surface area contributed by atoms with Crippen molar-refractivity contribution in [2.24, 2.45) is 0 Å². The number of carbonyl (C=O) groups excluding carboxylic acids is 2. The predicted octanol–water partition coefficient (Wildman–Crippen LogP) is 3.73. The van der Waals surface area contributed by atoms with Gasteiger partial charge in [0.1, 0.15) is 24.2 Å². The maximum atomic E-state index is 13.7. The molecule has 1 aliphatic rings. The zero-order chi connectivity index (χ0) is 26.5. The van der Waals surface area contributed by atoms with E-state index in [2.05, 4.69) is 5.32 Å². The Balaban J connectivity index is 1.90. The Labute approximate surface area is 216 Å². The molecule has 36 heavy (non-hydrogen) atoms. The summed E-state index contributed by atoms with van der Waals surface area (Å²) < 4.78 is 45.0. The topological polar surface area (TPSA) is 96.0 Å². The SMILES string of the molecule is COc1cccc(CN(C(=O)CN(c2ccc(F)c(Cl)c2)S(C)(=O)=O)[C@H](C)C(=O)NC2CCCC2)c1. The second-order valence-electron chi connectivity index (χ2n) is 8.91. The average Bonchev–Trinajstić information content (AvgIpc) is 3.34. The lowest BCUT2D eigenvalue weighted by molar-refractivity contribution is -0.139. The molecule has 8 nitrogen and oxygen atoms in total. The predicted molar refractivity (Wildman–Crippen MR) is 137 cm³/mol. The maximum Gasteiger partial charge on any atom is 0.244 e. The lowest BCUT2D eigenvalue weighted by Gasteiger charge is -2.32. The Morgan fingerprint density at radius 1 is 1.19 bits per heavy atom. The Bertz CT molecular complexity index is 1200. The van der Waals surface area contributed by atoms with E-state index in [1.165, 1.54) is 18.1 Å². The molecule has 0 bridgehead atoms. The molecule has 0 aliphatic heterocycles. The number of hydrogen-bond donors (Lipinski definition) is 1. The largest absolute Gasteiger partial charge is 0.497 e. The number of rotatable bonds is 10. The zero-order valence-electron chi connectivity index (χ0n) is 20.5. The summed E-state index contributed by atoms with van der Waals surface area (Å²) in [6, 6.07) is 9.66. The van der Waals surface area contributed by atoms with Gasteiger partial charge in [-0.25, -0.2) is 12.8 Å². The number of nitrogens with one attached hydrogen (secondary N) is 1. The summed E-state index contributed by atoms with van der Waals surface area (Å²) in [5, 5.41) is 2.73. The molecule has 2 aromatic carbocycles. The Hall–Kier alpha value is -2.85. The molecule has 0 heterocycles. The third-order valence-corrected chi connectivity index (χ3v) is 7.66. The first-order chi connectivity index (χ1) is 17.0. The molecule has 0 unspecified atom stereocenters. The molecule has 1 N–H and O–H groups in total. The number of anilines is 1. The molecule has 2 amide bonds. The number of carbonyl (C=O) groups is 2. The summed E-state index contributed by atoms with van der Waals surface area (Å²) in [4.78, 5) is 28.0. The number of nitrogens with zero attached hydrogens (tertiary/aromatic N) is 2. The zero-order valence-corrected chi connectivity index (χ0v) is 22.1. The molecule has 0 aromatic heterocycles. The molecule has 1 atom stereocenters. The van der Waals surface area contributed by atoms with Crippen LogP contribution in [0.3, 0.4) is 0 Å². The van der Waals surface area contributed by atoms with Gasteiger partial charge in [-0.2, -0.15) is 0 Å². The van der Waals surface area contributed by atoms with E-state index in [1.807, 2.05) is 0 Å². The first kappa shape index (κ1) is 27.7. The van der Waals surface area contributed by atoms with Crippen LogP contribution >= 0.6 is 11.6 Å². The van der Waals surface area contributed by atoms with Gasteiger partial charge in [0.05, 0.1) is 24.1 Å². The molecule has 0 saturated heterocycles. The smallest absolute Gasteiger partial charge is 0.244 e. The van der Waals surface area contributed by atoms with E-state index >= 15 is 0 Å². The molecule has 1 aliphatic carbocycles. The van der Waals surface area contributed by atoms with Crippen molar-refractivity contribution in [3.05, 3.63) is 58.9 Å². The molecular weight excluding hydrogens is 509 g/mol. The fourth-order valence-corrected chi connectivity index (χ4v) is 5.21. The number of benzene rings is 2. The summed E-state index contributed by atoms with van der Waals surface area (Å²) in [6.07, 6.45) is 4.79. The minimum Gasteiger partial charge on any atom is -0.497 e. The van der Waals surface area contributed by atoms with Gasteiger partial charge in [0, 0.05) is 12.6 Å². The van der Waals surface area contributed by atoms with Gasteiger partial charge < -0.3 is 15.0 Å². The third kappa shape index (κ3) is 7.10. The molecule has 3 rings (SSSR count). The highest BCUT2D eigenvalue weighted by Crippen LogP contribution is 2.25. The molecule has 0 spiro atoms. The minimum absolute atomic E-state index is 0.0432. The monoisotopic (exact) mass is 539 g/mol. The van der Waals surface area contributed by atoms with E-state index in [4.69, 9.17) is 16.3 Å². The normalized spacial score (nSPS) is 14.8. The van der Waals surface area contributed by atoms with Crippen LogP contribution in [0.4, 0.5) is 10.1 Å². The number of hydrogen-bond acceptors (Lipinski definition) is 5. The van der Waals surface area contributed by atoms with Crippen molar-refractivity contribution in [2.45, 2.75) is 51.2 Å². The average molecular weight is 540 g/mol. The number of amides is 2. The van der Waals surface area contributed by atoms with Gasteiger partial charge in [0.15, 0.2) is 0 Å². The van der Waals surface area contributed by atoms with Crippen LogP contribution in [0.1, 0.15) is 38.2 Å². The number of ether oxygens (including phenoxy) is 1. The van der Waals surface area contributed by atoms with Gasteiger partial charge in [-0.15, -0.1) is 0 Å². The van der Waals surface area contributed by atoms with Gasteiger partial charge >= 0.3 is 0 Å². The first-order valence-corrected chi connectivity index (χ1v) is 13.9. The van der Waals surface area contributed by atoms with Crippen molar-refractivity contribution >= 4 is 39.1 Å². The van der Waals surface area contributed by atoms with Crippen LogP contribution in [0.15, 0.2) is 42.5 Å². The number of halogens is 2. The summed E-state index contributed by atoms with van der Waals surface area (Å²) in [5.74, 6) is -1.04. The molecule has 11 heteroatoms. The van der Waals surface area contributed by atoms with Crippen LogP contribution in [0.25, 0.3) is 0 Å². The molecule has 1 saturated carbocycles. The van der Waals surface area contributed by atoms with E-state index in [-0.39, 0.29) is 29.2 Å². The van der Waals surface area contributed by atoms with E-state index in [0.29, 0.717) is 11.3 Å². The second-order valence-corrected chi connectivity index (χ2v) is 11.2. The quantitative estimate of drug-likeness (QED) is 0.496. The van der Waals surface area contributed by atoms with E-state index in [1.54, 1.807) is 31.2 Å². The minimum atomic E-state index is -3.94. The molecule has 2 aromatic rings. The van der Waals surface area contributed by atoms with Crippen LogP contribution in [-0.4, -0.2) is 57.1 Å².